The lowest BCUT2D eigenvalue weighted by Gasteiger charge is -2.36. The smallest absolute Gasteiger partial charge is 0.267 e. The van der Waals surface area contributed by atoms with Crippen molar-refractivity contribution in [1.82, 2.24) is 0 Å². The van der Waals surface area contributed by atoms with Gasteiger partial charge in [0.1, 0.15) is 5.75 Å². The zero-order chi connectivity index (χ0) is 14.1. The number of benzene rings is 1. The van der Waals surface area contributed by atoms with Crippen LogP contribution in [0.5, 0.6) is 5.75 Å². The van der Waals surface area contributed by atoms with Gasteiger partial charge in [-0.15, -0.1) is 0 Å². The normalized spacial score (nSPS) is 26.1. The second kappa shape index (κ2) is 5.89. The van der Waals surface area contributed by atoms with Crippen LogP contribution in [-0.4, -0.2) is 31.3 Å². The highest BCUT2D eigenvalue weighted by Gasteiger charge is 2.33. The van der Waals surface area contributed by atoms with Crippen LogP contribution in [0.25, 0.3) is 0 Å². The summed E-state index contributed by atoms with van der Waals surface area (Å²) in [6, 6.07) is 5.94. The number of carbonyl (C=O) groups excluding carboxylic acids is 1. The molecule has 2 unspecified atom stereocenters. The number of ether oxygens (including phenoxy) is 2. The maximum absolute atomic E-state index is 12.4. The fourth-order valence-electron chi connectivity index (χ4n) is 2.73. The lowest BCUT2D eigenvalue weighted by molar-refractivity contribution is -0.126. The minimum atomic E-state index is -0.427. The van der Waals surface area contributed by atoms with E-state index in [4.69, 9.17) is 9.47 Å². The topological polar surface area (TPSA) is 38.8 Å². The average molecular weight is 387 g/mol. The molecule has 4 nitrogen and oxygen atoms in total. The Balaban J connectivity index is 1.86. The summed E-state index contributed by atoms with van der Waals surface area (Å²) >= 11 is 2.25. The molecular weight excluding hydrogens is 369 g/mol. The van der Waals surface area contributed by atoms with Gasteiger partial charge >= 0.3 is 0 Å². The van der Waals surface area contributed by atoms with Gasteiger partial charge < -0.3 is 14.4 Å². The van der Waals surface area contributed by atoms with E-state index in [1.165, 1.54) is 6.42 Å². The third kappa shape index (κ3) is 2.79. The number of nitrogens with zero attached hydrogens (tertiary/aromatic N) is 1. The van der Waals surface area contributed by atoms with E-state index in [-0.39, 0.29) is 12.0 Å². The quantitative estimate of drug-likeness (QED) is 0.733. The Hall–Kier alpha value is -0.820. The van der Waals surface area contributed by atoms with Crippen molar-refractivity contribution in [2.45, 2.75) is 38.4 Å². The van der Waals surface area contributed by atoms with Gasteiger partial charge in [-0.1, -0.05) is 0 Å². The van der Waals surface area contributed by atoms with Gasteiger partial charge in [0.05, 0.1) is 18.3 Å². The van der Waals surface area contributed by atoms with Crippen LogP contribution in [0.2, 0.25) is 0 Å². The molecule has 108 valence electrons. The molecule has 0 aromatic heterocycles. The summed E-state index contributed by atoms with van der Waals surface area (Å²) in [7, 11) is 0. The van der Waals surface area contributed by atoms with Crippen LogP contribution in [0.4, 0.5) is 5.69 Å². The van der Waals surface area contributed by atoms with Gasteiger partial charge in [0.15, 0.2) is 6.10 Å². The molecular formula is C15H18INO3. The van der Waals surface area contributed by atoms with Gasteiger partial charge in [-0.3, -0.25) is 4.79 Å². The highest BCUT2D eigenvalue weighted by molar-refractivity contribution is 14.1. The molecule has 0 N–H and O–H groups in total. The summed E-state index contributed by atoms with van der Waals surface area (Å²) in [6.45, 7) is 3.23. The summed E-state index contributed by atoms with van der Waals surface area (Å²) < 4.78 is 12.6. The number of rotatable bonds is 2. The lowest BCUT2D eigenvalue weighted by atomic mass is 10.1. The van der Waals surface area contributed by atoms with E-state index in [9.17, 15) is 4.79 Å². The molecule has 0 saturated carbocycles. The van der Waals surface area contributed by atoms with Crippen LogP contribution >= 0.6 is 22.6 Å². The van der Waals surface area contributed by atoms with Crippen LogP contribution in [0.1, 0.15) is 26.2 Å². The van der Waals surface area contributed by atoms with Gasteiger partial charge in [0.2, 0.25) is 0 Å². The number of amides is 1. The minimum absolute atomic E-state index is 0.0212. The largest absolute Gasteiger partial charge is 0.479 e. The van der Waals surface area contributed by atoms with Gasteiger partial charge in [0.25, 0.3) is 5.91 Å². The van der Waals surface area contributed by atoms with E-state index < -0.39 is 6.10 Å². The van der Waals surface area contributed by atoms with Crippen molar-refractivity contribution in [3.05, 3.63) is 21.8 Å². The van der Waals surface area contributed by atoms with Crippen molar-refractivity contribution in [1.29, 1.82) is 0 Å². The summed E-state index contributed by atoms with van der Waals surface area (Å²) in [4.78, 5) is 14.2. The molecule has 20 heavy (non-hydrogen) atoms. The first kappa shape index (κ1) is 14.1. The Labute approximate surface area is 132 Å². The molecule has 1 aromatic rings. The number of hydrogen-bond acceptors (Lipinski definition) is 3. The standard InChI is InChI=1S/C15H18INO3/c1-10-15(18)17(9-12-4-2-3-7-19-12)13-6-5-11(16)8-14(13)20-10/h5-6,8,10,12H,2-4,7,9H2,1H3. The van der Waals surface area contributed by atoms with Crippen molar-refractivity contribution in [3.8, 4) is 5.75 Å². The van der Waals surface area contributed by atoms with Gasteiger partial charge in [-0.05, 0) is 67.0 Å². The molecule has 3 rings (SSSR count). The molecule has 0 spiro atoms. The first-order valence-electron chi connectivity index (χ1n) is 7.04. The molecule has 2 heterocycles. The molecule has 1 amide bonds. The van der Waals surface area contributed by atoms with Crippen molar-refractivity contribution in [2.24, 2.45) is 0 Å². The second-order valence-corrected chi connectivity index (χ2v) is 6.56. The Morgan fingerprint density at radius 3 is 3.00 bits per heavy atom. The highest BCUT2D eigenvalue weighted by Crippen LogP contribution is 2.35. The number of halogens is 1. The lowest BCUT2D eigenvalue weighted by Crippen LogP contribution is -2.48. The van der Waals surface area contributed by atoms with Crippen LogP contribution in [0, 0.1) is 3.57 Å². The maximum Gasteiger partial charge on any atom is 0.267 e. The Kier molecular flexibility index (Phi) is 4.16. The maximum atomic E-state index is 12.4. The van der Waals surface area contributed by atoms with Gasteiger partial charge in [-0.25, -0.2) is 0 Å². The highest BCUT2D eigenvalue weighted by atomic mass is 127. The first-order chi connectivity index (χ1) is 9.65. The molecule has 0 radical (unpaired) electrons. The Bertz CT molecular complexity index is 514. The van der Waals surface area contributed by atoms with Gasteiger partial charge in [-0.2, -0.15) is 0 Å². The third-order valence-electron chi connectivity index (χ3n) is 3.79. The number of hydrogen-bond donors (Lipinski definition) is 0. The Morgan fingerprint density at radius 1 is 1.40 bits per heavy atom. The zero-order valence-corrected chi connectivity index (χ0v) is 13.6. The number of carbonyl (C=O) groups is 1. The van der Waals surface area contributed by atoms with Crippen LogP contribution in [-0.2, 0) is 9.53 Å². The van der Waals surface area contributed by atoms with Crippen molar-refractivity contribution >= 4 is 34.2 Å². The van der Waals surface area contributed by atoms with Crippen LogP contribution in [0.3, 0.4) is 0 Å². The van der Waals surface area contributed by atoms with E-state index in [0.29, 0.717) is 6.54 Å². The summed E-state index contributed by atoms with van der Waals surface area (Å²) in [5.74, 6) is 0.813. The molecule has 2 atom stereocenters. The summed E-state index contributed by atoms with van der Waals surface area (Å²) in [6.07, 6.45) is 3.05. The van der Waals surface area contributed by atoms with E-state index in [0.717, 1.165) is 34.5 Å². The van der Waals surface area contributed by atoms with Crippen LogP contribution < -0.4 is 9.64 Å². The molecule has 0 aliphatic carbocycles. The minimum Gasteiger partial charge on any atom is -0.479 e. The average Bonchev–Trinajstić information content (AvgIpc) is 2.45. The fourth-order valence-corrected chi connectivity index (χ4v) is 3.19. The molecule has 2 aliphatic rings. The van der Waals surface area contributed by atoms with Gasteiger partial charge in [0, 0.05) is 10.2 Å². The van der Waals surface area contributed by atoms with E-state index >= 15 is 0 Å². The third-order valence-corrected chi connectivity index (χ3v) is 4.46. The van der Waals surface area contributed by atoms with E-state index in [2.05, 4.69) is 22.6 Å². The molecule has 5 heteroatoms. The van der Waals surface area contributed by atoms with E-state index in [1.807, 2.05) is 23.1 Å². The van der Waals surface area contributed by atoms with Crippen LogP contribution in [0.15, 0.2) is 18.2 Å². The van der Waals surface area contributed by atoms with Crippen molar-refractivity contribution in [2.75, 3.05) is 18.1 Å². The molecule has 1 fully saturated rings. The first-order valence-corrected chi connectivity index (χ1v) is 8.12. The Morgan fingerprint density at radius 2 is 2.25 bits per heavy atom. The zero-order valence-electron chi connectivity index (χ0n) is 11.5. The summed E-state index contributed by atoms with van der Waals surface area (Å²) in [5, 5.41) is 0. The SMILES string of the molecule is CC1Oc2cc(I)ccc2N(CC2CCCCO2)C1=O. The molecule has 0 bridgehead atoms. The second-order valence-electron chi connectivity index (χ2n) is 5.31. The monoisotopic (exact) mass is 387 g/mol. The molecule has 2 aliphatic heterocycles. The predicted octanol–water partition coefficient (Wildman–Crippen LogP) is 2.97. The molecule has 1 saturated heterocycles. The number of fused-ring (bicyclic) bond motifs is 1. The van der Waals surface area contributed by atoms with Crippen molar-refractivity contribution in [3.63, 3.8) is 0 Å². The molecule has 1 aromatic carbocycles. The number of anilines is 1. The fraction of sp³-hybridized carbons (Fsp3) is 0.533. The predicted molar refractivity (Wildman–Crippen MR) is 85.2 cm³/mol. The van der Waals surface area contributed by atoms with Crippen molar-refractivity contribution < 1.29 is 14.3 Å². The van der Waals surface area contributed by atoms with E-state index in [1.54, 1.807) is 6.92 Å². The summed E-state index contributed by atoms with van der Waals surface area (Å²) in [5.41, 5.74) is 0.864.